The number of hydrogen-bond donors (Lipinski definition) is 0. The van der Waals surface area contributed by atoms with Crippen LogP contribution in [0.15, 0.2) is 53.7 Å². The molecule has 1 amide bonds. The summed E-state index contributed by atoms with van der Waals surface area (Å²) < 4.78 is 12.0. The van der Waals surface area contributed by atoms with Gasteiger partial charge in [0.2, 0.25) is 23.2 Å². The lowest BCUT2D eigenvalue weighted by atomic mass is 10.1. The van der Waals surface area contributed by atoms with Gasteiger partial charge in [0.25, 0.3) is 0 Å². The van der Waals surface area contributed by atoms with Gasteiger partial charge in [-0.15, -0.1) is 10.2 Å². The highest BCUT2D eigenvalue weighted by Gasteiger charge is 2.34. The lowest BCUT2D eigenvalue weighted by molar-refractivity contribution is -0.118. The average molecular weight is 451 g/mol. The molecule has 0 unspecified atom stereocenters. The first-order valence-corrected chi connectivity index (χ1v) is 11.6. The molecule has 8 heteroatoms. The Kier molecular flexibility index (Phi) is 6.60. The average Bonchev–Trinajstić information content (AvgIpc) is 2.92. The van der Waals surface area contributed by atoms with Gasteiger partial charge in [-0.1, -0.05) is 43.8 Å². The molecule has 1 aliphatic rings. The van der Waals surface area contributed by atoms with E-state index in [1.807, 2.05) is 55.5 Å². The van der Waals surface area contributed by atoms with Crippen LogP contribution in [-0.2, 0) is 4.79 Å². The fourth-order valence-corrected chi connectivity index (χ4v) is 4.20. The maximum absolute atomic E-state index is 12.8. The van der Waals surface area contributed by atoms with Crippen LogP contribution in [0.4, 0.5) is 5.69 Å². The van der Waals surface area contributed by atoms with Crippen LogP contribution in [0.1, 0.15) is 39.5 Å². The Morgan fingerprint density at radius 2 is 1.91 bits per heavy atom. The van der Waals surface area contributed by atoms with Crippen molar-refractivity contribution >= 4 is 23.4 Å². The van der Waals surface area contributed by atoms with E-state index in [-0.39, 0.29) is 5.91 Å². The van der Waals surface area contributed by atoms with Crippen LogP contribution in [0.3, 0.4) is 0 Å². The third-order valence-corrected chi connectivity index (χ3v) is 6.14. The minimum Gasteiger partial charge on any atom is -0.494 e. The maximum Gasteiger partial charge on any atom is 0.247 e. The van der Waals surface area contributed by atoms with E-state index < -0.39 is 6.23 Å². The molecule has 0 N–H and O–H groups in total. The number of thioether (sulfide) groups is 1. The number of carbonyl (C=O) groups is 1. The van der Waals surface area contributed by atoms with E-state index in [4.69, 9.17) is 9.47 Å². The molecule has 3 aromatic rings. The maximum atomic E-state index is 12.8. The lowest BCUT2D eigenvalue weighted by Gasteiger charge is -2.30. The summed E-state index contributed by atoms with van der Waals surface area (Å²) >= 11 is 1.54. The van der Waals surface area contributed by atoms with E-state index in [0.29, 0.717) is 34.9 Å². The molecular formula is C24H26N4O3S. The van der Waals surface area contributed by atoms with Crippen LogP contribution in [0.25, 0.3) is 11.3 Å². The van der Waals surface area contributed by atoms with Crippen LogP contribution >= 0.6 is 11.8 Å². The lowest BCUT2D eigenvalue weighted by Crippen LogP contribution is -2.36. The van der Waals surface area contributed by atoms with Gasteiger partial charge < -0.3 is 9.47 Å². The number of para-hydroxylation sites is 1. The third kappa shape index (κ3) is 4.55. The molecule has 1 atom stereocenters. The minimum atomic E-state index is -0.703. The molecule has 0 fully saturated rings. The summed E-state index contributed by atoms with van der Waals surface area (Å²) in [5, 5.41) is 9.30. The van der Waals surface area contributed by atoms with Gasteiger partial charge in [0, 0.05) is 23.8 Å². The van der Waals surface area contributed by atoms with Crippen LogP contribution < -0.4 is 14.4 Å². The molecule has 1 aliphatic heterocycles. The molecule has 0 saturated carbocycles. The van der Waals surface area contributed by atoms with Gasteiger partial charge in [-0.25, -0.2) is 0 Å². The van der Waals surface area contributed by atoms with Crippen molar-refractivity contribution in [1.29, 1.82) is 0 Å². The van der Waals surface area contributed by atoms with E-state index in [1.165, 1.54) is 18.7 Å². The van der Waals surface area contributed by atoms with Crippen LogP contribution in [0, 0.1) is 5.92 Å². The van der Waals surface area contributed by atoms with E-state index >= 15 is 0 Å². The number of benzene rings is 2. The topological polar surface area (TPSA) is 77.4 Å². The first-order valence-electron chi connectivity index (χ1n) is 10.6. The molecule has 32 heavy (non-hydrogen) atoms. The Morgan fingerprint density at radius 1 is 1.16 bits per heavy atom. The zero-order chi connectivity index (χ0) is 22.7. The molecule has 1 aromatic heterocycles. The Balaban J connectivity index is 1.82. The normalized spacial score (nSPS) is 14.9. The predicted octanol–water partition coefficient (Wildman–Crippen LogP) is 5.13. The summed E-state index contributed by atoms with van der Waals surface area (Å²) in [6.45, 7) is 8.33. The second-order valence-corrected chi connectivity index (χ2v) is 8.82. The second-order valence-electron chi connectivity index (χ2n) is 7.83. The molecule has 0 saturated heterocycles. The summed E-state index contributed by atoms with van der Waals surface area (Å²) in [5.41, 5.74) is 2.79. The number of fused-ring (bicyclic) bond motifs is 3. The van der Waals surface area contributed by atoms with E-state index in [9.17, 15) is 4.79 Å². The van der Waals surface area contributed by atoms with Crippen molar-refractivity contribution < 1.29 is 14.3 Å². The molecule has 7 nitrogen and oxygen atoms in total. The zero-order valence-corrected chi connectivity index (χ0v) is 19.4. The van der Waals surface area contributed by atoms with Crippen molar-refractivity contribution in [3.8, 4) is 22.9 Å². The summed E-state index contributed by atoms with van der Waals surface area (Å²) in [4.78, 5) is 19.1. The van der Waals surface area contributed by atoms with Crippen molar-refractivity contribution in [2.24, 2.45) is 5.92 Å². The van der Waals surface area contributed by atoms with Crippen molar-refractivity contribution in [1.82, 2.24) is 15.2 Å². The highest BCUT2D eigenvalue weighted by Crippen LogP contribution is 2.43. The van der Waals surface area contributed by atoms with Gasteiger partial charge in [-0.2, -0.15) is 4.98 Å². The quantitative estimate of drug-likeness (QED) is 0.482. The van der Waals surface area contributed by atoms with Gasteiger partial charge in [0.1, 0.15) is 5.75 Å². The van der Waals surface area contributed by atoms with Crippen LogP contribution in [0.5, 0.6) is 11.6 Å². The number of rotatable bonds is 6. The molecule has 2 aromatic carbocycles. The van der Waals surface area contributed by atoms with Crippen LogP contribution in [-0.4, -0.2) is 33.4 Å². The zero-order valence-electron chi connectivity index (χ0n) is 18.6. The molecule has 0 spiro atoms. The highest BCUT2D eigenvalue weighted by molar-refractivity contribution is 7.99. The Labute approximate surface area is 192 Å². The summed E-state index contributed by atoms with van der Waals surface area (Å²) in [5.74, 6) is 2.34. The molecular weight excluding hydrogens is 424 g/mol. The monoisotopic (exact) mass is 450 g/mol. The van der Waals surface area contributed by atoms with Crippen LogP contribution in [0.2, 0.25) is 0 Å². The van der Waals surface area contributed by atoms with Gasteiger partial charge in [0.15, 0.2) is 5.69 Å². The van der Waals surface area contributed by atoms with Gasteiger partial charge in [0.05, 0.1) is 12.3 Å². The Bertz CT molecular complexity index is 1100. The number of ether oxygens (including phenoxy) is 2. The molecule has 2 heterocycles. The molecule has 166 valence electrons. The third-order valence-electron chi connectivity index (χ3n) is 4.87. The van der Waals surface area contributed by atoms with Crippen molar-refractivity contribution in [2.45, 2.75) is 39.1 Å². The van der Waals surface area contributed by atoms with E-state index in [2.05, 4.69) is 29.0 Å². The van der Waals surface area contributed by atoms with Gasteiger partial charge in [-0.3, -0.25) is 9.69 Å². The molecule has 0 bridgehead atoms. The van der Waals surface area contributed by atoms with Gasteiger partial charge >= 0.3 is 0 Å². The predicted molar refractivity (Wildman–Crippen MR) is 125 cm³/mol. The number of aromatic nitrogens is 3. The van der Waals surface area contributed by atoms with Crippen molar-refractivity contribution in [3.63, 3.8) is 0 Å². The standard InChI is InChI=1S/C24H26N4O3S/c1-5-30-18-12-10-17(11-13-18)23-28(16(4)29)20-9-7-6-8-19(20)21-22(31-23)25-24(27-26-21)32-14-15(2)3/h6-13,15,23H,5,14H2,1-4H3/t23-/m0/s1. The number of hydrogen-bond acceptors (Lipinski definition) is 7. The van der Waals surface area contributed by atoms with E-state index in [1.54, 1.807) is 4.90 Å². The van der Waals surface area contributed by atoms with E-state index in [0.717, 1.165) is 22.6 Å². The summed E-state index contributed by atoms with van der Waals surface area (Å²) in [6, 6.07) is 15.2. The SMILES string of the molecule is CCOc1ccc([C@@H]2Oc3nc(SCC(C)C)nnc3-c3ccccc3N2C(C)=O)cc1. The van der Waals surface area contributed by atoms with Gasteiger partial charge in [-0.05, 0) is 43.2 Å². The number of nitrogens with zero attached hydrogens (tertiary/aromatic N) is 4. The number of carbonyl (C=O) groups excluding carboxylic acids is 1. The largest absolute Gasteiger partial charge is 0.494 e. The summed E-state index contributed by atoms with van der Waals surface area (Å²) in [6.07, 6.45) is -0.703. The molecule has 0 radical (unpaired) electrons. The molecule has 4 rings (SSSR count). The fourth-order valence-electron chi connectivity index (χ4n) is 3.47. The van der Waals surface area contributed by atoms with Crippen molar-refractivity contribution in [3.05, 3.63) is 54.1 Å². The smallest absolute Gasteiger partial charge is 0.247 e. The van der Waals surface area contributed by atoms with Crippen molar-refractivity contribution in [2.75, 3.05) is 17.3 Å². The highest BCUT2D eigenvalue weighted by atomic mass is 32.2. The fraction of sp³-hybridized carbons (Fsp3) is 0.333. The Hall–Kier alpha value is -3.13. The second kappa shape index (κ2) is 9.56. The summed E-state index contributed by atoms with van der Waals surface area (Å²) in [7, 11) is 0. The molecule has 0 aliphatic carbocycles. The Morgan fingerprint density at radius 3 is 2.59 bits per heavy atom. The first kappa shape index (κ1) is 22.1. The first-order chi connectivity index (χ1) is 15.5. The number of amides is 1. The minimum absolute atomic E-state index is 0.147. The number of anilines is 1.